The van der Waals surface area contributed by atoms with Crippen LogP contribution in [0.1, 0.15) is 38.3 Å². The Morgan fingerprint density at radius 2 is 2.11 bits per heavy atom. The zero-order chi connectivity index (χ0) is 13.0. The molecule has 1 aromatic carbocycles. The van der Waals surface area contributed by atoms with Gasteiger partial charge in [-0.25, -0.2) is 4.39 Å². The number of halogens is 1. The van der Waals surface area contributed by atoms with Crippen LogP contribution in [0.15, 0.2) is 24.3 Å². The molecule has 1 fully saturated rings. The largest absolute Gasteiger partial charge is 0.311 e. The Labute approximate surface area is 109 Å². The van der Waals surface area contributed by atoms with E-state index in [-0.39, 0.29) is 5.82 Å². The van der Waals surface area contributed by atoms with E-state index in [2.05, 4.69) is 24.1 Å². The van der Waals surface area contributed by atoms with Crippen molar-refractivity contribution < 1.29 is 4.39 Å². The number of nitrogens with one attached hydrogen (secondary N) is 1. The molecule has 0 aromatic heterocycles. The summed E-state index contributed by atoms with van der Waals surface area (Å²) in [5.74, 6) is -0.157. The highest BCUT2D eigenvalue weighted by molar-refractivity contribution is 5.19. The van der Waals surface area contributed by atoms with Gasteiger partial charge in [-0.3, -0.25) is 4.90 Å². The Morgan fingerprint density at radius 3 is 2.78 bits per heavy atom. The van der Waals surface area contributed by atoms with Gasteiger partial charge in [-0.1, -0.05) is 25.5 Å². The fourth-order valence-corrected chi connectivity index (χ4v) is 2.70. The highest BCUT2D eigenvalue weighted by Crippen LogP contribution is 2.22. The van der Waals surface area contributed by atoms with Crippen molar-refractivity contribution in [3.05, 3.63) is 35.6 Å². The number of rotatable bonds is 4. The van der Waals surface area contributed by atoms with E-state index >= 15 is 0 Å². The Morgan fingerprint density at radius 1 is 1.39 bits per heavy atom. The molecule has 0 aliphatic carbocycles. The third kappa shape index (κ3) is 3.30. The lowest BCUT2D eigenvalue weighted by molar-refractivity contribution is 0.149. The smallest absolute Gasteiger partial charge is 0.123 e. The Hall–Kier alpha value is -0.930. The van der Waals surface area contributed by atoms with Gasteiger partial charge in [0.1, 0.15) is 5.82 Å². The fraction of sp³-hybridized carbons (Fsp3) is 0.600. The number of hydrogen-bond acceptors (Lipinski definition) is 2. The second kappa shape index (κ2) is 6.30. The molecule has 1 aliphatic heterocycles. The van der Waals surface area contributed by atoms with Crippen molar-refractivity contribution in [2.75, 3.05) is 19.6 Å². The second-order valence-corrected chi connectivity index (χ2v) is 5.16. The van der Waals surface area contributed by atoms with Crippen LogP contribution in [0.4, 0.5) is 4.39 Å². The van der Waals surface area contributed by atoms with Crippen LogP contribution in [0.5, 0.6) is 0 Å². The summed E-state index contributed by atoms with van der Waals surface area (Å²) in [5, 5.41) is 3.56. The number of hydrogen-bond donors (Lipinski definition) is 1. The predicted molar refractivity (Wildman–Crippen MR) is 73.1 cm³/mol. The molecule has 18 heavy (non-hydrogen) atoms. The molecule has 2 atom stereocenters. The maximum atomic E-state index is 12.9. The van der Waals surface area contributed by atoms with E-state index in [0.29, 0.717) is 12.1 Å². The summed E-state index contributed by atoms with van der Waals surface area (Å²) in [6, 6.07) is 7.88. The summed E-state index contributed by atoms with van der Waals surface area (Å²) in [6.07, 6.45) is 2.45. The number of piperazine rings is 1. The van der Waals surface area contributed by atoms with E-state index in [0.717, 1.165) is 19.6 Å². The number of nitrogens with zero attached hydrogens (tertiary/aromatic N) is 1. The first-order chi connectivity index (χ1) is 8.70. The minimum Gasteiger partial charge on any atom is -0.311 e. The van der Waals surface area contributed by atoms with Crippen LogP contribution in [0, 0.1) is 5.82 Å². The molecule has 2 unspecified atom stereocenters. The maximum Gasteiger partial charge on any atom is 0.123 e. The molecule has 2 nitrogen and oxygen atoms in total. The third-order valence-corrected chi connectivity index (χ3v) is 3.82. The summed E-state index contributed by atoms with van der Waals surface area (Å²) >= 11 is 0. The quantitative estimate of drug-likeness (QED) is 0.884. The van der Waals surface area contributed by atoms with Crippen molar-refractivity contribution in [3.63, 3.8) is 0 Å². The van der Waals surface area contributed by atoms with Crippen molar-refractivity contribution >= 4 is 0 Å². The van der Waals surface area contributed by atoms with Crippen LogP contribution in [0.2, 0.25) is 0 Å². The SMILES string of the molecule is CCCC1CN(C(C)c2ccc(F)cc2)CCN1. The topological polar surface area (TPSA) is 15.3 Å². The molecule has 1 aliphatic rings. The lowest BCUT2D eigenvalue weighted by Crippen LogP contribution is -2.51. The number of benzene rings is 1. The second-order valence-electron chi connectivity index (χ2n) is 5.16. The zero-order valence-corrected chi connectivity index (χ0v) is 11.3. The maximum absolute atomic E-state index is 12.9. The zero-order valence-electron chi connectivity index (χ0n) is 11.3. The molecule has 0 amide bonds. The van der Waals surface area contributed by atoms with Gasteiger partial charge in [-0.15, -0.1) is 0 Å². The van der Waals surface area contributed by atoms with E-state index in [4.69, 9.17) is 0 Å². The molecular formula is C15H23FN2. The molecule has 100 valence electrons. The summed E-state index contributed by atoms with van der Waals surface area (Å²) < 4.78 is 12.9. The van der Waals surface area contributed by atoms with Crippen molar-refractivity contribution in [1.82, 2.24) is 10.2 Å². The van der Waals surface area contributed by atoms with Gasteiger partial charge in [-0.2, -0.15) is 0 Å². The van der Waals surface area contributed by atoms with Gasteiger partial charge in [0.2, 0.25) is 0 Å². The molecule has 0 bridgehead atoms. The molecule has 0 saturated carbocycles. The van der Waals surface area contributed by atoms with Crippen LogP contribution in [-0.4, -0.2) is 30.6 Å². The Bertz CT molecular complexity index is 361. The standard InChI is InChI=1S/C15H23FN2/c1-3-4-15-11-18(10-9-17-15)12(2)13-5-7-14(16)8-6-13/h5-8,12,15,17H,3-4,9-11H2,1-2H3. The normalized spacial score (nSPS) is 22.9. The molecule has 2 rings (SSSR count). The summed E-state index contributed by atoms with van der Waals surface area (Å²) in [5.41, 5.74) is 1.20. The average Bonchev–Trinajstić information content (AvgIpc) is 2.39. The molecule has 1 aromatic rings. The first kappa shape index (κ1) is 13.5. The fourth-order valence-electron chi connectivity index (χ4n) is 2.70. The van der Waals surface area contributed by atoms with Crippen LogP contribution in [-0.2, 0) is 0 Å². The molecular weight excluding hydrogens is 227 g/mol. The van der Waals surface area contributed by atoms with Gasteiger partial charge in [0.25, 0.3) is 0 Å². The minimum atomic E-state index is -0.157. The molecule has 3 heteroatoms. The predicted octanol–water partition coefficient (Wildman–Crippen LogP) is 2.96. The summed E-state index contributed by atoms with van der Waals surface area (Å²) in [6.45, 7) is 7.65. The van der Waals surface area contributed by atoms with E-state index in [9.17, 15) is 4.39 Å². The van der Waals surface area contributed by atoms with Crippen LogP contribution < -0.4 is 5.32 Å². The highest BCUT2D eigenvalue weighted by Gasteiger charge is 2.23. The van der Waals surface area contributed by atoms with Crippen molar-refractivity contribution in [2.24, 2.45) is 0 Å². The third-order valence-electron chi connectivity index (χ3n) is 3.82. The van der Waals surface area contributed by atoms with Crippen molar-refractivity contribution in [2.45, 2.75) is 38.8 Å². The van der Waals surface area contributed by atoms with Gasteiger partial charge < -0.3 is 5.32 Å². The van der Waals surface area contributed by atoms with E-state index in [1.54, 1.807) is 12.1 Å². The average molecular weight is 250 g/mol. The lowest BCUT2D eigenvalue weighted by atomic mass is 10.0. The van der Waals surface area contributed by atoms with Crippen molar-refractivity contribution in [1.29, 1.82) is 0 Å². The van der Waals surface area contributed by atoms with Gasteiger partial charge in [0.05, 0.1) is 0 Å². The molecule has 1 saturated heterocycles. The molecule has 0 radical (unpaired) electrons. The molecule has 0 spiro atoms. The highest BCUT2D eigenvalue weighted by atomic mass is 19.1. The van der Waals surface area contributed by atoms with Gasteiger partial charge in [-0.05, 0) is 31.0 Å². The Kier molecular flexibility index (Phi) is 4.72. The van der Waals surface area contributed by atoms with E-state index < -0.39 is 0 Å². The lowest BCUT2D eigenvalue weighted by Gasteiger charge is -2.37. The van der Waals surface area contributed by atoms with Crippen LogP contribution in [0.3, 0.4) is 0 Å². The monoisotopic (exact) mass is 250 g/mol. The van der Waals surface area contributed by atoms with Crippen LogP contribution >= 0.6 is 0 Å². The molecule has 1 heterocycles. The molecule has 1 N–H and O–H groups in total. The summed E-state index contributed by atoms with van der Waals surface area (Å²) in [4.78, 5) is 2.49. The van der Waals surface area contributed by atoms with Gasteiger partial charge >= 0.3 is 0 Å². The van der Waals surface area contributed by atoms with Crippen molar-refractivity contribution in [3.8, 4) is 0 Å². The van der Waals surface area contributed by atoms with Gasteiger partial charge in [0, 0.05) is 31.7 Å². The minimum absolute atomic E-state index is 0.157. The first-order valence-corrected chi connectivity index (χ1v) is 6.93. The Balaban J connectivity index is 1.99. The van der Waals surface area contributed by atoms with Gasteiger partial charge in [0.15, 0.2) is 0 Å². The first-order valence-electron chi connectivity index (χ1n) is 6.93. The summed E-state index contributed by atoms with van der Waals surface area (Å²) in [7, 11) is 0. The van der Waals surface area contributed by atoms with Crippen LogP contribution in [0.25, 0.3) is 0 Å². The van der Waals surface area contributed by atoms with E-state index in [1.165, 1.54) is 18.4 Å². The van der Waals surface area contributed by atoms with E-state index in [1.807, 2.05) is 12.1 Å².